The molecule has 78 valence electrons. The molecule has 0 radical (unpaired) electrons. The van der Waals surface area contributed by atoms with Crippen LogP contribution in [0.1, 0.15) is 25.3 Å². The molecule has 1 unspecified atom stereocenters. The maximum absolute atomic E-state index is 11.8. The summed E-state index contributed by atoms with van der Waals surface area (Å²) in [6.45, 7) is 3.20. The number of amides is 2. The third-order valence-electron chi connectivity index (χ3n) is 2.63. The number of rotatable bonds is 0. The Morgan fingerprint density at radius 2 is 2.13 bits per heavy atom. The molecule has 2 amide bonds. The summed E-state index contributed by atoms with van der Waals surface area (Å²) in [5.74, 6) is -0.640. The number of carbonyl (C=O) groups excluding carboxylic acids is 2. The van der Waals surface area contributed by atoms with Crippen molar-refractivity contribution in [3.8, 4) is 0 Å². The first kappa shape index (κ1) is 10.2. The number of hydrogen-bond donors (Lipinski definition) is 1. The van der Waals surface area contributed by atoms with Crippen molar-refractivity contribution < 1.29 is 9.59 Å². The zero-order valence-electron chi connectivity index (χ0n) is 8.52. The van der Waals surface area contributed by atoms with Gasteiger partial charge in [-0.3, -0.25) is 9.59 Å². The molecular weight excluding hydrogens is 210 g/mol. The molecule has 1 heterocycles. The van der Waals surface area contributed by atoms with Crippen LogP contribution in [0.25, 0.3) is 0 Å². The molecule has 1 aliphatic heterocycles. The van der Waals surface area contributed by atoms with Crippen molar-refractivity contribution in [1.82, 2.24) is 0 Å². The smallest absolute Gasteiger partial charge is 0.241 e. The number of nitrogens with zero attached hydrogens (tertiary/aromatic N) is 1. The summed E-state index contributed by atoms with van der Waals surface area (Å²) >= 11 is 4.20. The van der Waals surface area contributed by atoms with E-state index in [-0.39, 0.29) is 17.7 Å². The van der Waals surface area contributed by atoms with E-state index in [4.69, 9.17) is 0 Å². The van der Waals surface area contributed by atoms with Crippen LogP contribution in [0, 0.1) is 0 Å². The molecule has 1 aliphatic rings. The van der Waals surface area contributed by atoms with Crippen molar-refractivity contribution >= 4 is 30.1 Å². The Kier molecular flexibility index (Phi) is 2.31. The fourth-order valence-electron chi connectivity index (χ4n) is 1.86. The Bertz CT molecular complexity index is 456. The van der Waals surface area contributed by atoms with Crippen LogP contribution in [0.15, 0.2) is 23.1 Å². The molecular formula is C11H11NO2S. The number of anilines is 1. The van der Waals surface area contributed by atoms with Gasteiger partial charge in [0.05, 0.1) is 11.6 Å². The summed E-state index contributed by atoms with van der Waals surface area (Å²) in [5.41, 5.74) is 1.57. The first-order valence-electron chi connectivity index (χ1n) is 4.70. The summed E-state index contributed by atoms with van der Waals surface area (Å²) in [7, 11) is 0. The van der Waals surface area contributed by atoms with E-state index in [1.54, 1.807) is 6.07 Å². The van der Waals surface area contributed by atoms with Crippen LogP contribution >= 0.6 is 12.6 Å². The van der Waals surface area contributed by atoms with Gasteiger partial charge in [-0.05, 0) is 24.6 Å². The van der Waals surface area contributed by atoms with Crippen molar-refractivity contribution in [1.29, 1.82) is 0 Å². The van der Waals surface area contributed by atoms with Crippen molar-refractivity contribution in [2.24, 2.45) is 0 Å². The van der Waals surface area contributed by atoms with Crippen LogP contribution in [0.3, 0.4) is 0 Å². The predicted molar refractivity (Wildman–Crippen MR) is 60.3 cm³/mol. The number of fused-ring (bicyclic) bond motifs is 1. The fourth-order valence-corrected chi connectivity index (χ4v) is 2.06. The van der Waals surface area contributed by atoms with Gasteiger partial charge in [-0.1, -0.05) is 6.07 Å². The molecule has 1 aromatic carbocycles. The topological polar surface area (TPSA) is 37.4 Å². The third-order valence-corrected chi connectivity index (χ3v) is 2.91. The minimum absolute atomic E-state index is 0.156. The largest absolute Gasteiger partial charge is 0.274 e. The van der Waals surface area contributed by atoms with Gasteiger partial charge >= 0.3 is 0 Å². The Morgan fingerprint density at radius 3 is 2.73 bits per heavy atom. The van der Waals surface area contributed by atoms with Crippen LogP contribution in [-0.4, -0.2) is 11.8 Å². The predicted octanol–water partition coefficient (Wildman–Crippen LogP) is 1.97. The molecule has 15 heavy (non-hydrogen) atoms. The maximum Gasteiger partial charge on any atom is 0.241 e. The van der Waals surface area contributed by atoms with Crippen LogP contribution in [-0.2, 0) is 9.59 Å². The highest BCUT2D eigenvalue weighted by atomic mass is 32.1. The molecule has 0 aromatic heterocycles. The number of carbonyl (C=O) groups is 2. The normalized spacial score (nSPS) is 19.3. The van der Waals surface area contributed by atoms with E-state index in [1.807, 2.05) is 19.1 Å². The van der Waals surface area contributed by atoms with Gasteiger partial charge < -0.3 is 0 Å². The van der Waals surface area contributed by atoms with E-state index in [0.717, 1.165) is 10.5 Å². The van der Waals surface area contributed by atoms with Crippen LogP contribution in [0.5, 0.6) is 0 Å². The van der Waals surface area contributed by atoms with E-state index >= 15 is 0 Å². The van der Waals surface area contributed by atoms with Gasteiger partial charge in [-0.2, -0.15) is 0 Å². The maximum atomic E-state index is 11.8. The Hall–Kier alpha value is -1.29. The second-order valence-corrected chi connectivity index (χ2v) is 4.17. The lowest BCUT2D eigenvalue weighted by Crippen LogP contribution is -2.32. The van der Waals surface area contributed by atoms with E-state index in [2.05, 4.69) is 12.6 Å². The second-order valence-electron chi connectivity index (χ2n) is 3.66. The van der Waals surface area contributed by atoms with E-state index in [1.165, 1.54) is 11.8 Å². The van der Waals surface area contributed by atoms with Gasteiger partial charge in [0.25, 0.3) is 0 Å². The number of imide groups is 1. The molecule has 3 nitrogen and oxygen atoms in total. The lowest BCUT2D eigenvalue weighted by Gasteiger charge is -2.12. The van der Waals surface area contributed by atoms with E-state index in [9.17, 15) is 9.59 Å². The van der Waals surface area contributed by atoms with Crippen molar-refractivity contribution in [3.63, 3.8) is 0 Å². The molecule has 2 rings (SSSR count). The fraction of sp³-hybridized carbons (Fsp3) is 0.273. The lowest BCUT2D eigenvalue weighted by atomic mass is 10.0. The molecule has 1 aromatic rings. The number of benzene rings is 1. The highest BCUT2D eigenvalue weighted by Gasteiger charge is 2.36. The highest BCUT2D eigenvalue weighted by Crippen LogP contribution is 2.38. The lowest BCUT2D eigenvalue weighted by molar-refractivity contribution is -0.125. The molecule has 4 heteroatoms. The van der Waals surface area contributed by atoms with Crippen molar-refractivity contribution in [3.05, 3.63) is 23.8 Å². The molecule has 0 N–H and O–H groups in total. The summed E-state index contributed by atoms with van der Waals surface area (Å²) in [5, 5.41) is 0. The monoisotopic (exact) mass is 221 g/mol. The molecule has 0 bridgehead atoms. The molecule has 0 fully saturated rings. The number of hydrogen-bond acceptors (Lipinski definition) is 3. The summed E-state index contributed by atoms with van der Waals surface area (Å²) < 4.78 is 0. The molecule has 0 aliphatic carbocycles. The average Bonchev–Trinajstić information content (AvgIpc) is 2.39. The molecule has 1 atom stereocenters. The van der Waals surface area contributed by atoms with Gasteiger partial charge in [0.2, 0.25) is 11.8 Å². The SMILES string of the molecule is CC(=O)N1C(=O)C(C)c2ccc(S)cc21. The zero-order valence-corrected chi connectivity index (χ0v) is 9.41. The number of thiol groups is 1. The van der Waals surface area contributed by atoms with Gasteiger partial charge in [-0.25, -0.2) is 4.90 Å². The standard InChI is InChI=1S/C11H11NO2S/c1-6-9-4-3-8(15)5-10(9)12(7(2)13)11(6)14/h3-6,15H,1-2H3. The third kappa shape index (κ3) is 1.45. The summed E-state index contributed by atoms with van der Waals surface area (Å²) in [6.07, 6.45) is 0. The highest BCUT2D eigenvalue weighted by molar-refractivity contribution is 7.80. The van der Waals surface area contributed by atoms with Crippen LogP contribution in [0.2, 0.25) is 0 Å². The summed E-state index contributed by atoms with van der Waals surface area (Å²) in [6, 6.07) is 5.43. The van der Waals surface area contributed by atoms with E-state index in [0.29, 0.717) is 5.69 Å². The van der Waals surface area contributed by atoms with Gasteiger partial charge in [0.15, 0.2) is 0 Å². The Labute approximate surface area is 93.5 Å². The van der Waals surface area contributed by atoms with Crippen molar-refractivity contribution in [2.45, 2.75) is 24.7 Å². The quantitative estimate of drug-likeness (QED) is 0.680. The summed E-state index contributed by atoms with van der Waals surface area (Å²) in [4.78, 5) is 25.1. The van der Waals surface area contributed by atoms with Crippen LogP contribution < -0.4 is 4.90 Å². The molecule has 0 saturated heterocycles. The first-order valence-corrected chi connectivity index (χ1v) is 5.14. The first-order chi connectivity index (χ1) is 7.02. The molecule has 0 spiro atoms. The van der Waals surface area contributed by atoms with Crippen molar-refractivity contribution in [2.75, 3.05) is 4.90 Å². The second kappa shape index (κ2) is 3.38. The van der Waals surface area contributed by atoms with E-state index < -0.39 is 0 Å². The van der Waals surface area contributed by atoms with Gasteiger partial charge in [0.1, 0.15) is 0 Å². The molecule has 0 saturated carbocycles. The van der Waals surface area contributed by atoms with Gasteiger partial charge in [0, 0.05) is 11.8 Å². The zero-order chi connectivity index (χ0) is 11.2. The Balaban J connectivity index is 2.61. The Morgan fingerprint density at radius 1 is 1.47 bits per heavy atom. The minimum atomic E-state index is -0.246. The van der Waals surface area contributed by atoms with Crippen LogP contribution in [0.4, 0.5) is 5.69 Å². The minimum Gasteiger partial charge on any atom is -0.274 e. The van der Waals surface area contributed by atoms with Gasteiger partial charge in [-0.15, -0.1) is 12.6 Å². The average molecular weight is 221 g/mol.